The van der Waals surface area contributed by atoms with Gasteiger partial charge in [0, 0.05) is 10.9 Å². The van der Waals surface area contributed by atoms with Gasteiger partial charge in [0.15, 0.2) is 0 Å². The molecule has 3 rings (SSSR count). The molecular formula is C19H18N2O3. The van der Waals surface area contributed by atoms with Crippen LogP contribution in [0.4, 0.5) is 0 Å². The monoisotopic (exact) mass is 322 g/mol. The van der Waals surface area contributed by atoms with Crippen molar-refractivity contribution in [2.24, 2.45) is 0 Å². The van der Waals surface area contributed by atoms with Crippen molar-refractivity contribution in [3.8, 4) is 11.3 Å². The van der Waals surface area contributed by atoms with Crippen LogP contribution in [0.5, 0.6) is 0 Å². The number of aromatic nitrogens is 2. The number of hydrogen-bond donors (Lipinski definition) is 1. The van der Waals surface area contributed by atoms with Crippen LogP contribution in [-0.4, -0.2) is 22.8 Å². The van der Waals surface area contributed by atoms with E-state index in [0.29, 0.717) is 23.3 Å². The number of rotatable bonds is 5. The van der Waals surface area contributed by atoms with E-state index < -0.39 is 0 Å². The van der Waals surface area contributed by atoms with E-state index in [2.05, 4.69) is 10.2 Å². The van der Waals surface area contributed by atoms with Gasteiger partial charge >= 0.3 is 5.97 Å². The lowest BCUT2D eigenvalue weighted by Gasteiger charge is -2.07. The van der Waals surface area contributed by atoms with E-state index >= 15 is 0 Å². The lowest BCUT2D eigenvalue weighted by atomic mass is 10.0. The molecule has 0 aliphatic rings. The summed E-state index contributed by atoms with van der Waals surface area (Å²) in [4.78, 5) is 23.8. The Labute approximate surface area is 139 Å². The van der Waals surface area contributed by atoms with Crippen molar-refractivity contribution in [3.63, 3.8) is 0 Å². The van der Waals surface area contributed by atoms with E-state index in [4.69, 9.17) is 4.74 Å². The molecule has 0 aliphatic carbocycles. The number of nitrogens with one attached hydrogen (secondary N) is 1. The molecule has 0 amide bonds. The number of hydrogen-bond acceptors (Lipinski definition) is 4. The van der Waals surface area contributed by atoms with Crippen molar-refractivity contribution in [1.82, 2.24) is 10.2 Å². The molecule has 0 bridgehead atoms. The number of nitrogens with zero attached hydrogens (tertiary/aromatic N) is 1. The zero-order valence-corrected chi connectivity index (χ0v) is 13.4. The third-order valence-electron chi connectivity index (χ3n) is 3.82. The van der Waals surface area contributed by atoms with E-state index in [1.54, 1.807) is 18.2 Å². The first-order valence-electron chi connectivity index (χ1n) is 7.95. The zero-order valence-electron chi connectivity index (χ0n) is 13.4. The van der Waals surface area contributed by atoms with Gasteiger partial charge in [-0.05, 0) is 24.6 Å². The largest absolute Gasteiger partial charge is 0.462 e. The summed E-state index contributed by atoms with van der Waals surface area (Å²) < 4.78 is 5.20. The summed E-state index contributed by atoms with van der Waals surface area (Å²) in [6.07, 6.45) is 1.84. The van der Waals surface area contributed by atoms with Crippen LogP contribution in [-0.2, 0) is 4.74 Å². The van der Waals surface area contributed by atoms with Crippen molar-refractivity contribution >= 4 is 16.7 Å². The summed E-state index contributed by atoms with van der Waals surface area (Å²) in [7, 11) is 0. The molecule has 0 spiro atoms. The first-order valence-corrected chi connectivity index (χ1v) is 7.95. The van der Waals surface area contributed by atoms with Gasteiger partial charge in [0.05, 0.1) is 23.3 Å². The van der Waals surface area contributed by atoms with Crippen LogP contribution < -0.4 is 5.56 Å². The number of carbonyl (C=O) groups excluding carboxylic acids is 1. The molecule has 24 heavy (non-hydrogen) atoms. The molecule has 0 atom stereocenters. The van der Waals surface area contributed by atoms with Crippen LogP contribution in [0, 0.1) is 0 Å². The van der Waals surface area contributed by atoms with Crippen LogP contribution >= 0.6 is 0 Å². The van der Waals surface area contributed by atoms with Gasteiger partial charge in [-0.3, -0.25) is 4.79 Å². The second-order valence-corrected chi connectivity index (χ2v) is 5.51. The quantitative estimate of drug-likeness (QED) is 0.576. The van der Waals surface area contributed by atoms with Gasteiger partial charge in [-0.2, -0.15) is 5.10 Å². The summed E-state index contributed by atoms with van der Waals surface area (Å²) in [6, 6.07) is 14.4. The predicted molar refractivity (Wildman–Crippen MR) is 93.0 cm³/mol. The fourth-order valence-electron chi connectivity index (χ4n) is 2.49. The number of H-pyrrole nitrogens is 1. The second kappa shape index (κ2) is 7.08. The van der Waals surface area contributed by atoms with E-state index in [1.807, 2.05) is 37.3 Å². The molecule has 0 radical (unpaired) electrons. The molecule has 1 N–H and O–H groups in total. The van der Waals surface area contributed by atoms with E-state index in [0.717, 1.165) is 23.8 Å². The predicted octanol–water partition coefficient (Wildman–Crippen LogP) is 3.55. The van der Waals surface area contributed by atoms with Gasteiger partial charge in [0.1, 0.15) is 0 Å². The Bertz CT molecular complexity index is 914. The molecule has 5 nitrogen and oxygen atoms in total. The summed E-state index contributed by atoms with van der Waals surface area (Å²) in [5.74, 6) is -0.325. The van der Waals surface area contributed by atoms with Crippen molar-refractivity contribution in [3.05, 3.63) is 64.4 Å². The Morgan fingerprint density at radius 3 is 2.50 bits per heavy atom. The minimum absolute atomic E-state index is 0.217. The Morgan fingerprint density at radius 1 is 1.08 bits per heavy atom. The Hall–Kier alpha value is -2.95. The molecule has 1 heterocycles. The van der Waals surface area contributed by atoms with Crippen LogP contribution in [0.3, 0.4) is 0 Å². The van der Waals surface area contributed by atoms with E-state index in [1.165, 1.54) is 0 Å². The number of benzene rings is 2. The van der Waals surface area contributed by atoms with Crippen LogP contribution in [0.25, 0.3) is 22.0 Å². The average molecular weight is 322 g/mol. The van der Waals surface area contributed by atoms with Gasteiger partial charge in [0.25, 0.3) is 5.56 Å². The molecule has 0 saturated carbocycles. The standard InChI is InChI=1S/C19H18N2O3/c1-2-3-12-24-19(23)14-10-8-13(9-11-14)17-15-6-4-5-7-16(15)18(22)21-20-17/h4-11H,2-3,12H2,1H3,(H,21,22). The Kier molecular flexibility index (Phi) is 4.70. The zero-order chi connectivity index (χ0) is 16.9. The normalized spacial score (nSPS) is 10.7. The number of carbonyl (C=O) groups is 1. The summed E-state index contributed by atoms with van der Waals surface area (Å²) in [5, 5.41) is 8.04. The highest BCUT2D eigenvalue weighted by atomic mass is 16.5. The lowest BCUT2D eigenvalue weighted by Crippen LogP contribution is -2.09. The minimum atomic E-state index is -0.325. The SMILES string of the molecule is CCCCOC(=O)c1ccc(-c2n[nH]c(=O)c3ccccc23)cc1. The van der Waals surface area contributed by atoms with Crippen molar-refractivity contribution < 1.29 is 9.53 Å². The van der Waals surface area contributed by atoms with Crippen molar-refractivity contribution in [2.45, 2.75) is 19.8 Å². The smallest absolute Gasteiger partial charge is 0.338 e. The maximum Gasteiger partial charge on any atom is 0.338 e. The first-order chi connectivity index (χ1) is 11.7. The fourth-order valence-corrected chi connectivity index (χ4v) is 2.49. The van der Waals surface area contributed by atoms with Gasteiger partial charge < -0.3 is 4.74 Å². The molecule has 2 aromatic carbocycles. The number of fused-ring (bicyclic) bond motifs is 1. The van der Waals surface area contributed by atoms with Crippen LogP contribution in [0.2, 0.25) is 0 Å². The minimum Gasteiger partial charge on any atom is -0.462 e. The van der Waals surface area contributed by atoms with E-state index in [-0.39, 0.29) is 11.5 Å². The maximum atomic E-state index is 11.9. The lowest BCUT2D eigenvalue weighted by molar-refractivity contribution is 0.0500. The van der Waals surface area contributed by atoms with Gasteiger partial charge in [-0.25, -0.2) is 9.89 Å². The average Bonchev–Trinajstić information content (AvgIpc) is 2.63. The molecule has 3 aromatic rings. The van der Waals surface area contributed by atoms with Gasteiger partial charge in [-0.1, -0.05) is 43.7 Å². The molecule has 1 aromatic heterocycles. The Balaban J connectivity index is 1.90. The molecule has 0 unspecified atom stereocenters. The van der Waals surface area contributed by atoms with Gasteiger partial charge in [0.2, 0.25) is 0 Å². The highest BCUT2D eigenvalue weighted by molar-refractivity contribution is 5.95. The first kappa shape index (κ1) is 15.9. The summed E-state index contributed by atoms with van der Waals surface area (Å²) >= 11 is 0. The molecule has 0 saturated heterocycles. The maximum absolute atomic E-state index is 11.9. The number of unbranched alkanes of at least 4 members (excludes halogenated alkanes) is 1. The molecule has 0 aliphatic heterocycles. The number of aromatic amines is 1. The molecule has 5 heteroatoms. The highest BCUT2D eigenvalue weighted by Gasteiger charge is 2.10. The van der Waals surface area contributed by atoms with Crippen LogP contribution in [0.15, 0.2) is 53.3 Å². The van der Waals surface area contributed by atoms with E-state index in [9.17, 15) is 9.59 Å². The Morgan fingerprint density at radius 2 is 1.79 bits per heavy atom. The van der Waals surface area contributed by atoms with Crippen molar-refractivity contribution in [2.75, 3.05) is 6.61 Å². The topological polar surface area (TPSA) is 72.0 Å². The number of ether oxygens (including phenoxy) is 1. The third-order valence-corrected chi connectivity index (χ3v) is 3.82. The number of esters is 1. The van der Waals surface area contributed by atoms with Crippen molar-refractivity contribution in [1.29, 1.82) is 0 Å². The van der Waals surface area contributed by atoms with Gasteiger partial charge in [-0.15, -0.1) is 0 Å². The highest BCUT2D eigenvalue weighted by Crippen LogP contribution is 2.24. The third kappa shape index (κ3) is 3.20. The summed E-state index contributed by atoms with van der Waals surface area (Å²) in [5.41, 5.74) is 1.79. The second-order valence-electron chi connectivity index (χ2n) is 5.51. The molecule has 0 fully saturated rings. The summed E-state index contributed by atoms with van der Waals surface area (Å²) in [6.45, 7) is 2.48. The van der Waals surface area contributed by atoms with Crippen LogP contribution in [0.1, 0.15) is 30.1 Å². The molecule has 122 valence electrons. The fraction of sp³-hybridized carbons (Fsp3) is 0.211. The molecular weight excluding hydrogens is 304 g/mol.